The molecule has 122 valence electrons. The van der Waals surface area contributed by atoms with Crippen LogP contribution >= 0.6 is 0 Å². The largest absolute Gasteiger partial charge is 0.493 e. The zero-order chi connectivity index (χ0) is 17.7. The summed E-state index contributed by atoms with van der Waals surface area (Å²) in [6.07, 6.45) is 0. The molecular weight excluding hydrogens is 314 g/mol. The molecule has 0 bridgehead atoms. The van der Waals surface area contributed by atoms with Crippen LogP contribution in [0, 0.1) is 21.4 Å². The lowest BCUT2D eigenvalue weighted by Gasteiger charge is -2.11. The van der Waals surface area contributed by atoms with Crippen molar-refractivity contribution in [2.24, 2.45) is 0 Å². The van der Waals surface area contributed by atoms with Crippen molar-refractivity contribution in [1.29, 1.82) is 5.26 Å². The van der Waals surface area contributed by atoms with Crippen LogP contribution in [0.15, 0.2) is 36.4 Å². The highest BCUT2D eigenvalue weighted by Gasteiger charge is 2.25. The normalized spacial score (nSPS) is 9.71. The van der Waals surface area contributed by atoms with Crippen molar-refractivity contribution in [3.63, 3.8) is 0 Å². The first-order valence-corrected chi connectivity index (χ1v) is 6.72. The average molecular weight is 327 g/mol. The lowest BCUT2D eigenvalue weighted by atomic mass is 10.1. The van der Waals surface area contributed by atoms with Crippen molar-refractivity contribution in [2.75, 3.05) is 19.5 Å². The lowest BCUT2D eigenvalue weighted by Crippen LogP contribution is -2.15. The zero-order valence-corrected chi connectivity index (χ0v) is 12.9. The first-order valence-electron chi connectivity index (χ1n) is 6.72. The molecule has 0 saturated heterocycles. The summed E-state index contributed by atoms with van der Waals surface area (Å²) in [7, 11) is 2.70. The third-order valence-corrected chi connectivity index (χ3v) is 3.24. The Morgan fingerprint density at radius 3 is 2.42 bits per heavy atom. The zero-order valence-electron chi connectivity index (χ0n) is 12.9. The summed E-state index contributed by atoms with van der Waals surface area (Å²) in [5, 5.41) is 22.8. The van der Waals surface area contributed by atoms with Crippen LogP contribution < -0.4 is 14.8 Å². The smallest absolute Gasteiger partial charge is 0.286 e. The highest BCUT2D eigenvalue weighted by atomic mass is 16.6. The number of carbonyl (C=O) groups excluding carboxylic acids is 1. The summed E-state index contributed by atoms with van der Waals surface area (Å²) in [4.78, 5) is 23.0. The van der Waals surface area contributed by atoms with E-state index in [1.807, 2.05) is 6.07 Å². The van der Waals surface area contributed by atoms with Crippen LogP contribution in [0.3, 0.4) is 0 Å². The van der Waals surface area contributed by atoms with Crippen LogP contribution in [-0.4, -0.2) is 25.1 Å². The number of hydrogen-bond donors (Lipinski definition) is 1. The van der Waals surface area contributed by atoms with Crippen LogP contribution in [0.4, 0.5) is 11.4 Å². The topological polar surface area (TPSA) is 114 Å². The number of carbonyl (C=O) groups is 1. The Balaban J connectivity index is 2.48. The number of amides is 1. The molecule has 0 aliphatic carbocycles. The third-order valence-electron chi connectivity index (χ3n) is 3.24. The summed E-state index contributed by atoms with van der Waals surface area (Å²) >= 11 is 0. The third kappa shape index (κ3) is 3.25. The van der Waals surface area contributed by atoms with Crippen molar-refractivity contribution in [3.8, 4) is 17.6 Å². The maximum atomic E-state index is 12.5. The number of nitro groups is 1. The molecule has 24 heavy (non-hydrogen) atoms. The molecule has 0 aliphatic rings. The molecule has 0 fully saturated rings. The van der Waals surface area contributed by atoms with E-state index in [2.05, 4.69) is 5.32 Å². The van der Waals surface area contributed by atoms with Gasteiger partial charge in [-0.25, -0.2) is 0 Å². The minimum atomic E-state index is -0.731. The van der Waals surface area contributed by atoms with Crippen molar-refractivity contribution in [3.05, 3.63) is 57.6 Å². The van der Waals surface area contributed by atoms with Crippen LogP contribution in [0.5, 0.6) is 11.5 Å². The van der Waals surface area contributed by atoms with Gasteiger partial charge in [0.15, 0.2) is 11.5 Å². The van der Waals surface area contributed by atoms with E-state index >= 15 is 0 Å². The summed E-state index contributed by atoms with van der Waals surface area (Å²) in [5.74, 6) is -0.412. The molecule has 0 spiro atoms. The predicted molar refractivity (Wildman–Crippen MR) is 85.3 cm³/mol. The minimum absolute atomic E-state index is 0.137. The van der Waals surface area contributed by atoms with Crippen molar-refractivity contribution in [1.82, 2.24) is 0 Å². The van der Waals surface area contributed by atoms with Gasteiger partial charge in [-0.1, -0.05) is 12.1 Å². The molecule has 0 unspecified atom stereocenters. The van der Waals surface area contributed by atoms with Gasteiger partial charge in [0.05, 0.1) is 36.5 Å². The second kappa shape index (κ2) is 7.11. The van der Waals surface area contributed by atoms with E-state index in [1.165, 1.54) is 32.4 Å². The monoisotopic (exact) mass is 327 g/mol. The molecule has 0 heterocycles. The molecule has 0 saturated carbocycles. The molecule has 8 heteroatoms. The Bertz CT molecular complexity index is 842. The highest BCUT2D eigenvalue weighted by molar-refractivity contribution is 6.08. The molecule has 2 rings (SSSR count). The number of hydrogen-bond acceptors (Lipinski definition) is 6. The number of nitrogens with one attached hydrogen (secondary N) is 1. The maximum absolute atomic E-state index is 12.5. The highest BCUT2D eigenvalue weighted by Crippen LogP contribution is 2.34. The van der Waals surface area contributed by atoms with Gasteiger partial charge in [0.25, 0.3) is 11.6 Å². The van der Waals surface area contributed by atoms with Crippen LogP contribution in [0.2, 0.25) is 0 Å². The molecule has 0 radical (unpaired) electrons. The Kier molecular flexibility index (Phi) is 4.96. The molecule has 1 N–H and O–H groups in total. The fourth-order valence-corrected chi connectivity index (χ4v) is 2.08. The van der Waals surface area contributed by atoms with Gasteiger partial charge in [-0.05, 0) is 12.1 Å². The number of benzene rings is 2. The van der Waals surface area contributed by atoms with E-state index in [0.29, 0.717) is 0 Å². The van der Waals surface area contributed by atoms with Gasteiger partial charge in [-0.15, -0.1) is 0 Å². The van der Waals surface area contributed by atoms with Crippen LogP contribution in [-0.2, 0) is 0 Å². The lowest BCUT2D eigenvalue weighted by molar-refractivity contribution is -0.385. The standard InChI is InChI=1S/C16H13N3O5/c1-23-14-7-11(13(19(21)22)8-15(14)24-2)16(20)18-12-6-4-3-5-10(12)9-17/h3-8H,1-2H3,(H,18,20). The van der Waals surface area contributed by atoms with Crippen LogP contribution in [0.1, 0.15) is 15.9 Å². The second-order valence-electron chi connectivity index (χ2n) is 4.59. The summed E-state index contributed by atoms with van der Waals surface area (Å²) in [5.41, 5.74) is -0.131. The summed E-state index contributed by atoms with van der Waals surface area (Å²) in [6.45, 7) is 0. The number of rotatable bonds is 5. The van der Waals surface area contributed by atoms with Crippen LogP contribution in [0.25, 0.3) is 0 Å². The quantitative estimate of drug-likeness (QED) is 0.667. The Hall–Kier alpha value is -3.60. The van der Waals surface area contributed by atoms with Gasteiger partial charge in [0.2, 0.25) is 0 Å². The van der Waals surface area contributed by atoms with E-state index in [9.17, 15) is 14.9 Å². The number of nitrogens with zero attached hydrogens (tertiary/aromatic N) is 2. The number of methoxy groups -OCH3 is 2. The molecule has 0 aromatic heterocycles. The van der Waals surface area contributed by atoms with E-state index in [-0.39, 0.29) is 28.3 Å². The van der Waals surface area contributed by atoms with Gasteiger partial charge in [0.1, 0.15) is 11.6 Å². The Morgan fingerprint density at radius 2 is 1.83 bits per heavy atom. The van der Waals surface area contributed by atoms with Gasteiger partial charge in [0, 0.05) is 6.07 Å². The fraction of sp³-hybridized carbons (Fsp3) is 0.125. The van der Waals surface area contributed by atoms with Gasteiger partial charge >= 0.3 is 0 Å². The number of nitro benzene ring substituents is 1. The molecule has 1 amide bonds. The molecule has 8 nitrogen and oxygen atoms in total. The maximum Gasteiger partial charge on any atom is 0.286 e. The number of anilines is 1. The first-order chi connectivity index (χ1) is 11.5. The number of ether oxygens (including phenoxy) is 2. The Morgan fingerprint density at radius 1 is 1.21 bits per heavy atom. The van der Waals surface area contributed by atoms with Crippen molar-refractivity contribution in [2.45, 2.75) is 0 Å². The molecule has 0 atom stereocenters. The van der Waals surface area contributed by atoms with Gasteiger partial charge in [-0.3, -0.25) is 14.9 Å². The van der Waals surface area contributed by atoms with Crippen molar-refractivity contribution >= 4 is 17.3 Å². The van der Waals surface area contributed by atoms with E-state index in [0.717, 1.165) is 6.07 Å². The van der Waals surface area contributed by atoms with Gasteiger partial charge < -0.3 is 14.8 Å². The minimum Gasteiger partial charge on any atom is -0.493 e. The molecular formula is C16H13N3O5. The van der Waals surface area contributed by atoms with Gasteiger partial charge in [-0.2, -0.15) is 5.26 Å². The number of para-hydroxylation sites is 1. The first kappa shape index (κ1) is 16.8. The van der Waals surface area contributed by atoms with E-state index < -0.39 is 16.5 Å². The SMILES string of the molecule is COc1cc(C(=O)Nc2ccccc2C#N)c([N+](=O)[O-])cc1OC. The fourth-order valence-electron chi connectivity index (χ4n) is 2.08. The molecule has 2 aromatic rings. The number of nitriles is 1. The molecule has 2 aromatic carbocycles. The Labute approximate surface area is 137 Å². The van der Waals surface area contributed by atoms with Crippen molar-refractivity contribution < 1.29 is 19.2 Å². The van der Waals surface area contributed by atoms with E-state index in [4.69, 9.17) is 14.7 Å². The molecule has 0 aliphatic heterocycles. The summed E-state index contributed by atoms with van der Waals surface area (Å²) in [6, 6.07) is 10.6. The predicted octanol–water partition coefficient (Wildman–Crippen LogP) is 2.74. The second-order valence-corrected chi connectivity index (χ2v) is 4.59. The average Bonchev–Trinajstić information content (AvgIpc) is 2.60. The van der Waals surface area contributed by atoms with E-state index in [1.54, 1.807) is 12.1 Å². The summed E-state index contributed by atoms with van der Waals surface area (Å²) < 4.78 is 10.1.